The number of hydrogen-bond acceptors (Lipinski definition) is 3. The van der Waals surface area contributed by atoms with Gasteiger partial charge in [-0.15, -0.1) is 11.8 Å². The Kier molecular flexibility index (Phi) is 4.82. The highest BCUT2D eigenvalue weighted by Crippen LogP contribution is 2.23. The van der Waals surface area contributed by atoms with E-state index in [9.17, 15) is 4.79 Å². The minimum Gasteiger partial charge on any atom is -0.316 e. The van der Waals surface area contributed by atoms with E-state index in [4.69, 9.17) is 5.73 Å². The van der Waals surface area contributed by atoms with Gasteiger partial charge in [0.2, 0.25) is 5.91 Å². The molecular weight excluding hydrogens is 268 g/mol. The zero-order chi connectivity index (χ0) is 14.5. The minimum atomic E-state index is -0.640. The average molecular weight is 286 g/mol. The van der Waals surface area contributed by atoms with Gasteiger partial charge in [-0.25, -0.2) is 0 Å². The van der Waals surface area contributed by atoms with E-state index in [1.807, 2.05) is 60.9 Å². The van der Waals surface area contributed by atoms with Crippen LogP contribution in [-0.2, 0) is 4.79 Å². The van der Waals surface area contributed by atoms with Crippen LogP contribution in [0.5, 0.6) is 0 Å². The summed E-state index contributed by atoms with van der Waals surface area (Å²) < 4.78 is 0. The summed E-state index contributed by atoms with van der Waals surface area (Å²) >= 11 is 1.65. The predicted octanol–water partition coefficient (Wildman–Crippen LogP) is 3.07. The summed E-state index contributed by atoms with van der Waals surface area (Å²) in [6.45, 7) is 0. The smallest absolute Gasteiger partial charge is 0.248 e. The van der Waals surface area contributed by atoms with Crippen LogP contribution < -0.4 is 10.6 Å². The van der Waals surface area contributed by atoms with Crippen LogP contribution in [0.25, 0.3) is 0 Å². The van der Waals surface area contributed by atoms with Gasteiger partial charge in [0.25, 0.3) is 0 Å². The second-order valence-electron chi connectivity index (χ2n) is 4.49. The first kappa shape index (κ1) is 14.6. The molecule has 0 saturated heterocycles. The van der Waals surface area contributed by atoms with Gasteiger partial charge in [-0.3, -0.25) is 4.79 Å². The van der Waals surface area contributed by atoms with Crippen LogP contribution in [0.1, 0.15) is 11.6 Å². The molecule has 0 spiro atoms. The standard InChI is InChI=1S/C16H18N2OS/c1-18(13-9-6-10-14(11-13)20-2)16(19)15(17)12-7-4-3-5-8-12/h3-11,15H,17H2,1-2H3/t15-/m1/s1. The van der Waals surface area contributed by atoms with Crippen molar-refractivity contribution in [2.24, 2.45) is 5.73 Å². The van der Waals surface area contributed by atoms with E-state index in [0.29, 0.717) is 0 Å². The maximum absolute atomic E-state index is 12.4. The Balaban J connectivity index is 2.19. The van der Waals surface area contributed by atoms with Crippen molar-refractivity contribution < 1.29 is 4.79 Å². The molecule has 3 nitrogen and oxygen atoms in total. The van der Waals surface area contributed by atoms with E-state index < -0.39 is 6.04 Å². The van der Waals surface area contributed by atoms with Gasteiger partial charge in [-0.05, 0) is 30.0 Å². The lowest BCUT2D eigenvalue weighted by Crippen LogP contribution is -2.35. The summed E-state index contributed by atoms with van der Waals surface area (Å²) in [4.78, 5) is 15.2. The fourth-order valence-electron chi connectivity index (χ4n) is 1.96. The van der Waals surface area contributed by atoms with Crippen LogP contribution in [0.3, 0.4) is 0 Å². The van der Waals surface area contributed by atoms with Crippen molar-refractivity contribution in [2.75, 3.05) is 18.2 Å². The third kappa shape index (κ3) is 3.21. The van der Waals surface area contributed by atoms with E-state index in [1.165, 1.54) is 0 Å². The maximum atomic E-state index is 12.4. The second-order valence-corrected chi connectivity index (χ2v) is 5.37. The molecule has 1 amide bonds. The summed E-state index contributed by atoms with van der Waals surface area (Å²) in [5.74, 6) is -0.116. The van der Waals surface area contributed by atoms with Gasteiger partial charge in [0.15, 0.2) is 0 Å². The predicted molar refractivity (Wildman–Crippen MR) is 85.0 cm³/mol. The molecule has 0 bridgehead atoms. The molecule has 0 saturated carbocycles. The molecular formula is C16H18N2OS. The van der Waals surface area contributed by atoms with Gasteiger partial charge in [0.1, 0.15) is 6.04 Å². The molecule has 0 heterocycles. The van der Waals surface area contributed by atoms with Crippen molar-refractivity contribution in [3.05, 3.63) is 60.2 Å². The Hall–Kier alpha value is -1.78. The molecule has 1 atom stereocenters. The van der Waals surface area contributed by atoms with Crippen molar-refractivity contribution in [1.29, 1.82) is 0 Å². The lowest BCUT2D eigenvalue weighted by atomic mass is 10.1. The number of carbonyl (C=O) groups is 1. The second kappa shape index (κ2) is 6.59. The van der Waals surface area contributed by atoms with E-state index >= 15 is 0 Å². The van der Waals surface area contributed by atoms with E-state index in [1.54, 1.807) is 23.7 Å². The van der Waals surface area contributed by atoms with Crippen LogP contribution in [0, 0.1) is 0 Å². The molecule has 0 aliphatic rings. The molecule has 0 fully saturated rings. The van der Waals surface area contributed by atoms with Crippen LogP contribution >= 0.6 is 11.8 Å². The Morgan fingerprint density at radius 2 is 1.85 bits per heavy atom. The molecule has 2 aromatic rings. The van der Waals surface area contributed by atoms with Gasteiger partial charge in [-0.1, -0.05) is 36.4 Å². The largest absolute Gasteiger partial charge is 0.316 e. The Morgan fingerprint density at radius 3 is 2.50 bits per heavy atom. The van der Waals surface area contributed by atoms with Gasteiger partial charge in [-0.2, -0.15) is 0 Å². The zero-order valence-electron chi connectivity index (χ0n) is 11.6. The van der Waals surface area contributed by atoms with E-state index in [2.05, 4.69) is 0 Å². The summed E-state index contributed by atoms with van der Waals surface area (Å²) in [7, 11) is 1.75. The quantitative estimate of drug-likeness (QED) is 0.879. The lowest BCUT2D eigenvalue weighted by Gasteiger charge is -2.22. The highest BCUT2D eigenvalue weighted by Gasteiger charge is 2.20. The Bertz CT molecular complexity index is 586. The van der Waals surface area contributed by atoms with Gasteiger partial charge in [0.05, 0.1) is 0 Å². The van der Waals surface area contributed by atoms with Crippen LogP contribution in [-0.4, -0.2) is 19.2 Å². The molecule has 2 aromatic carbocycles. The van der Waals surface area contributed by atoms with Crippen LogP contribution in [0.15, 0.2) is 59.5 Å². The van der Waals surface area contributed by atoms with Crippen molar-refractivity contribution in [1.82, 2.24) is 0 Å². The number of anilines is 1. The van der Waals surface area contributed by atoms with E-state index in [0.717, 1.165) is 16.1 Å². The highest BCUT2D eigenvalue weighted by atomic mass is 32.2. The third-order valence-corrected chi connectivity index (χ3v) is 3.92. The molecule has 2 rings (SSSR count). The molecule has 0 aliphatic carbocycles. The summed E-state index contributed by atoms with van der Waals surface area (Å²) in [5.41, 5.74) is 7.73. The Morgan fingerprint density at radius 1 is 1.15 bits per heavy atom. The SMILES string of the molecule is CSc1cccc(N(C)C(=O)[C@H](N)c2ccccc2)c1. The molecule has 0 aromatic heterocycles. The molecule has 0 radical (unpaired) electrons. The zero-order valence-corrected chi connectivity index (χ0v) is 12.4. The number of thioether (sulfide) groups is 1. The monoisotopic (exact) mass is 286 g/mol. The summed E-state index contributed by atoms with van der Waals surface area (Å²) in [5, 5.41) is 0. The first-order chi connectivity index (χ1) is 9.63. The highest BCUT2D eigenvalue weighted by molar-refractivity contribution is 7.98. The molecule has 104 valence electrons. The first-order valence-corrected chi connectivity index (χ1v) is 7.58. The number of carbonyl (C=O) groups excluding carboxylic acids is 1. The fraction of sp³-hybridized carbons (Fsp3) is 0.188. The lowest BCUT2D eigenvalue weighted by molar-refractivity contribution is -0.119. The number of hydrogen-bond donors (Lipinski definition) is 1. The molecule has 0 aliphatic heterocycles. The summed E-state index contributed by atoms with van der Waals surface area (Å²) in [6, 6.07) is 16.6. The molecule has 0 unspecified atom stereocenters. The normalized spacial score (nSPS) is 11.9. The number of likely N-dealkylation sites (N-methyl/N-ethyl adjacent to an activating group) is 1. The number of nitrogens with zero attached hydrogens (tertiary/aromatic N) is 1. The van der Waals surface area contributed by atoms with Crippen molar-refractivity contribution in [3.8, 4) is 0 Å². The topological polar surface area (TPSA) is 46.3 Å². The molecule has 2 N–H and O–H groups in total. The number of benzene rings is 2. The van der Waals surface area contributed by atoms with Gasteiger partial charge >= 0.3 is 0 Å². The number of amides is 1. The van der Waals surface area contributed by atoms with E-state index in [-0.39, 0.29) is 5.91 Å². The minimum absolute atomic E-state index is 0.116. The van der Waals surface area contributed by atoms with Crippen LogP contribution in [0.2, 0.25) is 0 Å². The van der Waals surface area contributed by atoms with Crippen molar-refractivity contribution in [3.63, 3.8) is 0 Å². The van der Waals surface area contributed by atoms with Crippen molar-refractivity contribution >= 4 is 23.4 Å². The number of nitrogens with two attached hydrogens (primary N) is 1. The third-order valence-electron chi connectivity index (χ3n) is 3.20. The average Bonchev–Trinajstić information content (AvgIpc) is 2.53. The molecule has 20 heavy (non-hydrogen) atoms. The maximum Gasteiger partial charge on any atom is 0.248 e. The van der Waals surface area contributed by atoms with Crippen LogP contribution in [0.4, 0.5) is 5.69 Å². The summed E-state index contributed by atoms with van der Waals surface area (Å²) in [6.07, 6.45) is 2.01. The molecule has 4 heteroatoms. The van der Waals surface area contributed by atoms with Gasteiger partial charge in [0, 0.05) is 17.6 Å². The van der Waals surface area contributed by atoms with Crippen molar-refractivity contribution in [2.45, 2.75) is 10.9 Å². The fourth-order valence-corrected chi connectivity index (χ4v) is 2.41. The van der Waals surface area contributed by atoms with Gasteiger partial charge < -0.3 is 10.6 Å². The first-order valence-electron chi connectivity index (χ1n) is 6.35. The Labute approximate surface area is 123 Å². The number of rotatable bonds is 4.